The quantitative estimate of drug-likeness (QED) is 0.298. The fourth-order valence-electron chi connectivity index (χ4n) is 2.72. The third-order valence-corrected chi connectivity index (χ3v) is 4.11. The molecule has 1 heterocycles. The summed E-state index contributed by atoms with van der Waals surface area (Å²) >= 11 is 0. The standard InChI is InChI=1S/C20H17N3O3/c1-14-19(15(2)22(21-14)17-6-4-3-5-7-17)12-13-20(24)16-8-10-18(11-9-16)23(25)26/h3-13H,1-2H3/b13-12+. The van der Waals surface area contributed by atoms with Crippen molar-refractivity contribution < 1.29 is 9.72 Å². The van der Waals surface area contributed by atoms with Crippen LogP contribution in [0.2, 0.25) is 0 Å². The summed E-state index contributed by atoms with van der Waals surface area (Å²) in [6.45, 7) is 3.84. The molecular weight excluding hydrogens is 330 g/mol. The van der Waals surface area contributed by atoms with E-state index >= 15 is 0 Å². The summed E-state index contributed by atoms with van der Waals surface area (Å²) in [5.41, 5.74) is 3.94. The van der Waals surface area contributed by atoms with E-state index in [1.807, 2.05) is 48.9 Å². The number of nitro benzene ring substituents is 1. The molecule has 0 saturated carbocycles. The van der Waals surface area contributed by atoms with Crippen molar-refractivity contribution in [3.8, 4) is 5.69 Å². The molecule has 6 nitrogen and oxygen atoms in total. The van der Waals surface area contributed by atoms with Crippen LogP contribution in [-0.2, 0) is 0 Å². The molecule has 26 heavy (non-hydrogen) atoms. The van der Waals surface area contributed by atoms with Crippen molar-refractivity contribution in [3.63, 3.8) is 0 Å². The van der Waals surface area contributed by atoms with E-state index in [2.05, 4.69) is 5.10 Å². The van der Waals surface area contributed by atoms with Crippen molar-refractivity contribution in [2.24, 2.45) is 0 Å². The topological polar surface area (TPSA) is 78.0 Å². The Morgan fingerprint density at radius 2 is 1.73 bits per heavy atom. The molecule has 0 saturated heterocycles. The molecular formula is C20H17N3O3. The Kier molecular flexibility index (Phi) is 4.75. The van der Waals surface area contributed by atoms with Gasteiger partial charge in [-0.15, -0.1) is 0 Å². The zero-order valence-corrected chi connectivity index (χ0v) is 14.4. The summed E-state index contributed by atoms with van der Waals surface area (Å²) < 4.78 is 1.84. The molecule has 0 aliphatic carbocycles. The van der Waals surface area contributed by atoms with Crippen molar-refractivity contribution in [3.05, 3.63) is 93.3 Å². The number of hydrogen-bond donors (Lipinski definition) is 0. The third-order valence-electron chi connectivity index (χ3n) is 4.11. The van der Waals surface area contributed by atoms with E-state index < -0.39 is 4.92 Å². The highest BCUT2D eigenvalue weighted by molar-refractivity contribution is 6.07. The smallest absolute Gasteiger partial charge is 0.269 e. The van der Waals surface area contributed by atoms with E-state index in [0.29, 0.717) is 5.56 Å². The first-order valence-electron chi connectivity index (χ1n) is 8.06. The lowest BCUT2D eigenvalue weighted by atomic mass is 10.1. The second-order valence-electron chi connectivity index (χ2n) is 5.83. The molecule has 1 aromatic heterocycles. The van der Waals surface area contributed by atoms with Gasteiger partial charge in [0.25, 0.3) is 5.69 Å². The number of carbonyl (C=O) groups is 1. The number of nitrogens with zero attached hydrogens (tertiary/aromatic N) is 3. The third kappa shape index (κ3) is 3.44. The number of aryl methyl sites for hydroxylation is 1. The Bertz CT molecular complexity index is 987. The van der Waals surface area contributed by atoms with Crippen LogP contribution in [0.3, 0.4) is 0 Å². The number of para-hydroxylation sites is 1. The van der Waals surface area contributed by atoms with E-state index in [4.69, 9.17) is 0 Å². The van der Waals surface area contributed by atoms with Gasteiger partial charge in [-0.3, -0.25) is 14.9 Å². The number of ketones is 1. The van der Waals surface area contributed by atoms with Crippen LogP contribution in [0.4, 0.5) is 5.69 Å². The van der Waals surface area contributed by atoms with E-state index in [9.17, 15) is 14.9 Å². The number of non-ortho nitro benzene ring substituents is 1. The molecule has 0 fully saturated rings. The molecule has 0 N–H and O–H groups in total. The number of carbonyl (C=O) groups excluding carboxylic acids is 1. The zero-order valence-electron chi connectivity index (χ0n) is 14.4. The van der Waals surface area contributed by atoms with Crippen LogP contribution in [0.5, 0.6) is 0 Å². The predicted octanol–water partition coefficient (Wildman–Crippen LogP) is 4.29. The number of aromatic nitrogens is 2. The summed E-state index contributed by atoms with van der Waals surface area (Å²) in [5, 5.41) is 15.2. The van der Waals surface area contributed by atoms with Crippen LogP contribution < -0.4 is 0 Å². The molecule has 0 bridgehead atoms. The molecule has 0 unspecified atom stereocenters. The summed E-state index contributed by atoms with van der Waals surface area (Å²) in [4.78, 5) is 22.5. The van der Waals surface area contributed by atoms with Crippen molar-refractivity contribution in [1.29, 1.82) is 0 Å². The monoisotopic (exact) mass is 347 g/mol. The predicted molar refractivity (Wildman–Crippen MR) is 99.5 cm³/mol. The Balaban J connectivity index is 1.85. The minimum atomic E-state index is -0.491. The first-order valence-corrected chi connectivity index (χ1v) is 8.06. The Labute approximate surface area is 150 Å². The SMILES string of the molecule is Cc1nn(-c2ccccc2)c(C)c1/C=C/C(=O)c1ccc([N+](=O)[O-])cc1. The Hall–Kier alpha value is -3.54. The van der Waals surface area contributed by atoms with Crippen LogP contribution in [-0.4, -0.2) is 20.5 Å². The van der Waals surface area contributed by atoms with Crippen LogP contribution in [0, 0.1) is 24.0 Å². The van der Waals surface area contributed by atoms with Gasteiger partial charge in [-0.2, -0.15) is 5.10 Å². The van der Waals surface area contributed by atoms with E-state index in [-0.39, 0.29) is 11.5 Å². The maximum Gasteiger partial charge on any atom is 0.269 e. The first-order chi connectivity index (χ1) is 12.5. The summed E-state index contributed by atoms with van der Waals surface area (Å²) in [5.74, 6) is -0.217. The van der Waals surface area contributed by atoms with Gasteiger partial charge in [-0.25, -0.2) is 4.68 Å². The highest BCUT2D eigenvalue weighted by Crippen LogP contribution is 2.20. The van der Waals surface area contributed by atoms with Gasteiger partial charge < -0.3 is 0 Å². The van der Waals surface area contributed by atoms with Crippen molar-refractivity contribution in [1.82, 2.24) is 9.78 Å². The summed E-state index contributed by atoms with van der Waals surface area (Å²) in [6, 6.07) is 15.3. The number of nitro groups is 1. The molecule has 0 aliphatic rings. The van der Waals surface area contributed by atoms with Gasteiger partial charge in [-0.05, 0) is 50.3 Å². The number of hydrogen-bond acceptors (Lipinski definition) is 4. The number of allylic oxidation sites excluding steroid dienone is 1. The van der Waals surface area contributed by atoms with Gasteiger partial charge in [0, 0.05) is 29.0 Å². The molecule has 0 radical (unpaired) electrons. The molecule has 3 rings (SSSR count). The Morgan fingerprint density at radius 3 is 2.35 bits per heavy atom. The molecule has 6 heteroatoms. The van der Waals surface area contributed by atoms with Crippen molar-refractivity contribution >= 4 is 17.5 Å². The van der Waals surface area contributed by atoms with E-state index in [1.165, 1.54) is 30.3 Å². The molecule has 0 spiro atoms. The average molecular weight is 347 g/mol. The van der Waals surface area contributed by atoms with Gasteiger partial charge >= 0.3 is 0 Å². The Morgan fingerprint density at radius 1 is 1.08 bits per heavy atom. The van der Waals surface area contributed by atoms with E-state index in [0.717, 1.165) is 22.6 Å². The first kappa shape index (κ1) is 17.3. The van der Waals surface area contributed by atoms with Gasteiger partial charge in [0.15, 0.2) is 5.78 Å². The van der Waals surface area contributed by atoms with Crippen LogP contribution in [0.1, 0.15) is 27.3 Å². The fourth-order valence-corrected chi connectivity index (χ4v) is 2.72. The molecule has 0 aliphatic heterocycles. The summed E-state index contributed by atoms with van der Waals surface area (Å²) in [6.07, 6.45) is 3.20. The van der Waals surface area contributed by atoms with Gasteiger partial charge in [0.2, 0.25) is 0 Å². The zero-order chi connectivity index (χ0) is 18.7. The van der Waals surface area contributed by atoms with E-state index in [1.54, 1.807) is 6.08 Å². The summed E-state index contributed by atoms with van der Waals surface area (Å²) in [7, 11) is 0. The largest absolute Gasteiger partial charge is 0.289 e. The molecule has 2 aromatic carbocycles. The van der Waals surface area contributed by atoms with Crippen molar-refractivity contribution in [2.45, 2.75) is 13.8 Å². The molecule has 0 amide bonds. The lowest BCUT2D eigenvalue weighted by Crippen LogP contribution is -1.98. The normalized spacial score (nSPS) is 11.0. The maximum atomic E-state index is 12.3. The lowest BCUT2D eigenvalue weighted by molar-refractivity contribution is -0.384. The van der Waals surface area contributed by atoms with Crippen molar-refractivity contribution in [2.75, 3.05) is 0 Å². The number of rotatable bonds is 5. The fraction of sp³-hybridized carbons (Fsp3) is 0.100. The highest BCUT2D eigenvalue weighted by atomic mass is 16.6. The molecule has 130 valence electrons. The number of benzene rings is 2. The second kappa shape index (κ2) is 7.14. The van der Waals surface area contributed by atoms with Gasteiger partial charge in [0.05, 0.1) is 16.3 Å². The highest BCUT2D eigenvalue weighted by Gasteiger charge is 2.12. The van der Waals surface area contributed by atoms with Gasteiger partial charge in [-0.1, -0.05) is 18.2 Å². The van der Waals surface area contributed by atoms with Crippen LogP contribution in [0.25, 0.3) is 11.8 Å². The van der Waals surface area contributed by atoms with Gasteiger partial charge in [0.1, 0.15) is 0 Å². The minimum absolute atomic E-state index is 0.0404. The second-order valence-corrected chi connectivity index (χ2v) is 5.83. The maximum absolute atomic E-state index is 12.3. The minimum Gasteiger partial charge on any atom is -0.289 e. The molecule has 0 atom stereocenters. The average Bonchev–Trinajstić information content (AvgIpc) is 2.94. The van der Waals surface area contributed by atoms with Crippen LogP contribution >= 0.6 is 0 Å². The lowest BCUT2D eigenvalue weighted by Gasteiger charge is -2.03. The van der Waals surface area contributed by atoms with Crippen LogP contribution in [0.15, 0.2) is 60.7 Å². The molecule has 3 aromatic rings.